The maximum Gasteiger partial charge on any atom is 0.414 e. The molecule has 1 amide bonds. The summed E-state index contributed by atoms with van der Waals surface area (Å²) in [5, 5.41) is 0. The van der Waals surface area contributed by atoms with Crippen LogP contribution in [0.1, 0.15) is 30.9 Å². The largest absolute Gasteiger partial charge is 0.414 e. The van der Waals surface area contributed by atoms with E-state index in [2.05, 4.69) is 39.3 Å². The zero-order valence-electron chi connectivity index (χ0n) is 12.9. The summed E-state index contributed by atoms with van der Waals surface area (Å²) in [5.41, 5.74) is 2.27. The van der Waals surface area contributed by atoms with Crippen LogP contribution < -0.4 is 4.74 Å². The lowest BCUT2D eigenvalue weighted by Gasteiger charge is -2.17. The summed E-state index contributed by atoms with van der Waals surface area (Å²) in [7, 11) is 3.58. The lowest BCUT2D eigenvalue weighted by Crippen LogP contribution is -2.26. The second-order valence-electron chi connectivity index (χ2n) is 5.39. The van der Waals surface area contributed by atoms with Gasteiger partial charge in [-0.3, -0.25) is 0 Å². The van der Waals surface area contributed by atoms with Gasteiger partial charge in [-0.25, -0.2) is 4.79 Å². The third kappa shape index (κ3) is 3.90. The normalized spacial score (nSPS) is 11.0. The van der Waals surface area contributed by atoms with Gasteiger partial charge in [0.15, 0.2) is 4.90 Å². The first-order valence-electron chi connectivity index (χ1n) is 6.35. The van der Waals surface area contributed by atoms with Gasteiger partial charge in [-0.1, -0.05) is 13.8 Å². The number of carbonyl (C=O) groups is 1. The number of amides is 1. The van der Waals surface area contributed by atoms with Gasteiger partial charge < -0.3 is 9.64 Å². The molecule has 0 unspecified atom stereocenters. The van der Waals surface area contributed by atoms with E-state index in [4.69, 9.17) is 4.74 Å². The molecule has 19 heavy (non-hydrogen) atoms. The van der Waals surface area contributed by atoms with Crippen molar-refractivity contribution < 1.29 is 9.53 Å². The van der Waals surface area contributed by atoms with E-state index >= 15 is 0 Å². The Morgan fingerprint density at radius 3 is 2.26 bits per heavy atom. The molecule has 3 nitrogen and oxygen atoms in total. The minimum absolute atomic E-state index is 0.202. The molecule has 1 rings (SSSR count). The quantitative estimate of drug-likeness (QED) is 0.795. The smallest absolute Gasteiger partial charge is 0.410 e. The van der Waals surface area contributed by atoms with Crippen LogP contribution in [0.4, 0.5) is 4.79 Å². The zero-order chi connectivity index (χ0) is 14.7. The molecule has 0 saturated heterocycles. The van der Waals surface area contributed by atoms with E-state index in [0.29, 0.717) is 11.7 Å². The average molecular weight is 282 g/mol. The fraction of sp³-hybridized carbons (Fsp3) is 0.533. The van der Waals surface area contributed by atoms with Crippen LogP contribution in [0, 0.1) is 6.92 Å². The first-order valence-corrected chi connectivity index (χ1v) is 8.39. The molecule has 0 N–H and O–H groups in total. The van der Waals surface area contributed by atoms with Crippen molar-refractivity contribution >= 4 is 17.0 Å². The van der Waals surface area contributed by atoms with Crippen LogP contribution in [0.2, 0.25) is 0 Å². The lowest BCUT2D eigenvalue weighted by atomic mass is 10.0. The van der Waals surface area contributed by atoms with E-state index < -0.39 is 0 Å². The predicted octanol–water partition coefficient (Wildman–Crippen LogP) is 3.42. The molecule has 0 aromatic heterocycles. The Morgan fingerprint density at radius 1 is 1.26 bits per heavy atom. The summed E-state index contributed by atoms with van der Waals surface area (Å²) in [6.07, 6.45) is 4.08. The maximum atomic E-state index is 11.7. The highest BCUT2D eigenvalue weighted by molar-refractivity contribution is 7.95. The van der Waals surface area contributed by atoms with Gasteiger partial charge in [-0.15, -0.1) is 0 Å². The Labute approximate surface area is 119 Å². The first kappa shape index (κ1) is 15.9. The van der Waals surface area contributed by atoms with Gasteiger partial charge in [-0.2, -0.15) is 0 Å². The number of nitrogens with zero attached hydrogens (tertiary/aromatic N) is 1. The van der Waals surface area contributed by atoms with Crippen LogP contribution in [0.3, 0.4) is 0 Å². The summed E-state index contributed by atoms with van der Waals surface area (Å²) in [4.78, 5) is 14.5. The number of hydrogen-bond acceptors (Lipinski definition) is 2. The van der Waals surface area contributed by atoms with Crippen molar-refractivity contribution in [2.24, 2.45) is 0 Å². The van der Waals surface area contributed by atoms with Gasteiger partial charge >= 0.3 is 6.09 Å². The van der Waals surface area contributed by atoms with Crippen molar-refractivity contribution in [3.63, 3.8) is 0 Å². The van der Waals surface area contributed by atoms with E-state index in [1.807, 2.05) is 6.07 Å². The van der Waals surface area contributed by atoms with Crippen LogP contribution >= 0.6 is 0 Å². The Kier molecular flexibility index (Phi) is 5.29. The Balaban J connectivity index is 3.23. The summed E-state index contributed by atoms with van der Waals surface area (Å²) < 4.78 is 5.47. The van der Waals surface area contributed by atoms with Crippen LogP contribution in [0.5, 0.6) is 5.75 Å². The molecule has 0 radical (unpaired) electrons. The van der Waals surface area contributed by atoms with Gasteiger partial charge in [-0.05, 0) is 18.9 Å². The van der Waals surface area contributed by atoms with Crippen LogP contribution in [-0.2, 0) is 10.9 Å². The topological polar surface area (TPSA) is 29.5 Å². The summed E-state index contributed by atoms with van der Waals surface area (Å²) >= 11 is 0. The molecule has 0 atom stereocenters. The average Bonchev–Trinajstić information content (AvgIpc) is 2.27. The fourth-order valence-electron chi connectivity index (χ4n) is 1.84. The number of ether oxygens (including phenoxy) is 1. The Hall–Kier alpha value is -1.16. The van der Waals surface area contributed by atoms with Crippen molar-refractivity contribution in [1.29, 1.82) is 0 Å². The molecule has 0 aliphatic heterocycles. The lowest BCUT2D eigenvalue weighted by molar-refractivity contribution is 0.171. The zero-order valence-corrected chi connectivity index (χ0v) is 13.7. The van der Waals surface area contributed by atoms with Gasteiger partial charge in [0.25, 0.3) is 0 Å². The predicted molar refractivity (Wildman–Crippen MR) is 82.5 cm³/mol. The second kappa shape index (κ2) is 6.33. The molecule has 0 heterocycles. The van der Waals surface area contributed by atoms with Crippen molar-refractivity contribution in [3.05, 3.63) is 23.3 Å². The maximum absolute atomic E-state index is 11.7. The molecule has 0 fully saturated rings. The van der Waals surface area contributed by atoms with E-state index in [1.165, 1.54) is 15.4 Å². The number of rotatable bonds is 3. The molecule has 0 spiro atoms. The fourth-order valence-corrected chi connectivity index (χ4v) is 2.91. The van der Waals surface area contributed by atoms with Crippen molar-refractivity contribution in [2.45, 2.75) is 31.6 Å². The molecule has 1 aromatic rings. The second-order valence-corrected chi connectivity index (χ2v) is 7.46. The molecule has 0 aliphatic rings. The standard InChI is InChI=1S/C15H24NO2S/c1-10(2)12-9-14(19(6)7)11(3)8-13(12)18-15(17)16(4)5/h8-10H,1-7H3/q+1. The van der Waals surface area contributed by atoms with E-state index in [9.17, 15) is 4.79 Å². The third-order valence-electron chi connectivity index (χ3n) is 2.93. The number of benzene rings is 1. The first-order chi connectivity index (χ1) is 8.73. The highest BCUT2D eigenvalue weighted by Gasteiger charge is 2.20. The van der Waals surface area contributed by atoms with Gasteiger partial charge in [0, 0.05) is 42.2 Å². The molecule has 1 aromatic carbocycles. The number of hydrogen-bond donors (Lipinski definition) is 0. The number of aryl methyl sites for hydroxylation is 1. The van der Waals surface area contributed by atoms with Crippen LogP contribution in [0.25, 0.3) is 0 Å². The number of carbonyl (C=O) groups excluding carboxylic acids is 1. The molecule has 0 bridgehead atoms. The van der Waals surface area contributed by atoms with Crippen LogP contribution in [0.15, 0.2) is 17.0 Å². The molecular weight excluding hydrogens is 258 g/mol. The highest BCUT2D eigenvalue weighted by Crippen LogP contribution is 2.32. The minimum Gasteiger partial charge on any atom is -0.410 e. The van der Waals surface area contributed by atoms with E-state index in [-0.39, 0.29) is 17.0 Å². The SMILES string of the molecule is Cc1cc(OC(=O)N(C)C)c(C(C)C)cc1[S+](C)C. The Morgan fingerprint density at radius 2 is 1.84 bits per heavy atom. The highest BCUT2D eigenvalue weighted by atomic mass is 32.2. The summed E-state index contributed by atoms with van der Waals surface area (Å²) in [6.45, 7) is 6.30. The van der Waals surface area contributed by atoms with E-state index in [1.54, 1.807) is 14.1 Å². The molecule has 0 aliphatic carbocycles. The molecule has 0 saturated carbocycles. The van der Waals surface area contributed by atoms with Crippen molar-refractivity contribution in [3.8, 4) is 5.75 Å². The Bertz CT molecular complexity index is 467. The van der Waals surface area contributed by atoms with Crippen LogP contribution in [-0.4, -0.2) is 37.6 Å². The molecule has 4 heteroatoms. The summed E-state index contributed by atoms with van der Waals surface area (Å²) in [6, 6.07) is 4.17. The van der Waals surface area contributed by atoms with Gasteiger partial charge in [0.1, 0.15) is 18.3 Å². The molecular formula is C15H24NO2S+. The van der Waals surface area contributed by atoms with Gasteiger partial charge in [0.05, 0.1) is 0 Å². The minimum atomic E-state index is -0.332. The van der Waals surface area contributed by atoms with Gasteiger partial charge in [0.2, 0.25) is 0 Å². The molecule has 106 valence electrons. The van der Waals surface area contributed by atoms with E-state index in [0.717, 1.165) is 5.56 Å². The van der Waals surface area contributed by atoms with Crippen molar-refractivity contribution in [2.75, 3.05) is 26.6 Å². The summed E-state index contributed by atoms with van der Waals surface area (Å²) in [5.74, 6) is 1.01. The third-order valence-corrected chi connectivity index (χ3v) is 4.25. The monoisotopic (exact) mass is 282 g/mol. The van der Waals surface area contributed by atoms with Crippen molar-refractivity contribution in [1.82, 2.24) is 4.90 Å².